The van der Waals surface area contributed by atoms with Crippen molar-refractivity contribution in [2.24, 2.45) is 0 Å². The van der Waals surface area contributed by atoms with Gasteiger partial charge in [-0.15, -0.1) is 0 Å². The highest BCUT2D eigenvalue weighted by Crippen LogP contribution is 2.45. The maximum atomic E-state index is 2.42. The Morgan fingerprint density at radius 1 is 0.273 bits per heavy atom. The van der Waals surface area contributed by atoms with E-state index in [9.17, 15) is 0 Å². The molecule has 0 aliphatic carbocycles. The average Bonchev–Trinajstić information content (AvgIpc) is 3.73. The first-order valence-corrected chi connectivity index (χ1v) is 22.7. The van der Waals surface area contributed by atoms with Gasteiger partial charge in [-0.25, -0.2) is 0 Å². The minimum atomic E-state index is 1.08. The van der Waals surface area contributed by atoms with E-state index in [1.807, 2.05) is 0 Å². The Labute approximate surface area is 385 Å². The van der Waals surface area contributed by atoms with Gasteiger partial charge in [0.15, 0.2) is 0 Å². The number of benzene rings is 11. The first-order chi connectivity index (χ1) is 32.7. The largest absolute Gasteiger partial charge is 0.310 e. The lowest BCUT2D eigenvalue weighted by Gasteiger charge is -2.29. The number of rotatable bonds is 9. The van der Waals surface area contributed by atoms with Crippen molar-refractivity contribution in [3.63, 3.8) is 0 Å². The summed E-state index contributed by atoms with van der Waals surface area (Å²) in [7, 11) is 0. The standard InChI is InChI=1S/C64H44N2/c1-4-16-45(17-5-1)46-30-32-47(33-31-46)48-34-39-54(40-35-48)65(61-28-12-11-25-58(61)60-27-15-21-51-20-14-26-56(64(51)60)50-18-6-2-7-19-50)55-41-36-49(37-42-55)52-38-43-59-57-24-10-13-29-62(57)66(63(59)44-52)53-22-8-3-9-23-53/h1-44H. The van der Waals surface area contributed by atoms with Gasteiger partial charge in [-0.05, 0) is 115 Å². The molecule has 0 N–H and O–H groups in total. The molecule has 0 aliphatic rings. The molecular weight excluding hydrogens is 797 g/mol. The zero-order valence-electron chi connectivity index (χ0n) is 36.3. The first-order valence-electron chi connectivity index (χ1n) is 22.7. The van der Waals surface area contributed by atoms with Crippen LogP contribution in [0.15, 0.2) is 267 Å². The predicted molar refractivity (Wildman–Crippen MR) is 280 cm³/mol. The molecule has 2 heteroatoms. The molecule has 66 heavy (non-hydrogen) atoms. The molecule has 0 unspecified atom stereocenters. The van der Waals surface area contributed by atoms with Crippen LogP contribution in [0.3, 0.4) is 0 Å². The van der Waals surface area contributed by atoms with Crippen molar-refractivity contribution >= 4 is 49.6 Å². The van der Waals surface area contributed by atoms with Crippen molar-refractivity contribution < 1.29 is 0 Å². The smallest absolute Gasteiger partial charge is 0.0547 e. The number of hydrogen-bond acceptors (Lipinski definition) is 1. The normalized spacial score (nSPS) is 11.3. The zero-order valence-corrected chi connectivity index (χ0v) is 36.3. The molecule has 0 aliphatic heterocycles. The molecule has 0 amide bonds. The summed E-state index contributed by atoms with van der Waals surface area (Å²) in [6.07, 6.45) is 0. The van der Waals surface area contributed by atoms with Crippen LogP contribution in [0.4, 0.5) is 17.1 Å². The Morgan fingerprint density at radius 2 is 0.727 bits per heavy atom. The molecule has 0 bridgehead atoms. The van der Waals surface area contributed by atoms with Gasteiger partial charge in [0, 0.05) is 33.4 Å². The first kappa shape index (κ1) is 38.9. The number of nitrogens with zero attached hydrogens (tertiary/aromatic N) is 2. The fourth-order valence-corrected chi connectivity index (χ4v) is 9.84. The number of fused-ring (bicyclic) bond motifs is 4. The third kappa shape index (κ3) is 7.02. The van der Waals surface area contributed by atoms with Gasteiger partial charge in [-0.2, -0.15) is 0 Å². The molecule has 2 nitrogen and oxygen atoms in total. The third-order valence-electron chi connectivity index (χ3n) is 13.0. The molecule has 0 fully saturated rings. The molecule has 0 radical (unpaired) electrons. The number of hydrogen-bond donors (Lipinski definition) is 0. The van der Waals surface area contributed by atoms with Crippen LogP contribution in [-0.2, 0) is 0 Å². The molecule has 12 rings (SSSR count). The highest BCUT2D eigenvalue weighted by atomic mass is 15.1. The van der Waals surface area contributed by atoms with E-state index in [1.165, 1.54) is 77.1 Å². The van der Waals surface area contributed by atoms with Gasteiger partial charge in [0.2, 0.25) is 0 Å². The lowest BCUT2D eigenvalue weighted by molar-refractivity contribution is 1.18. The van der Waals surface area contributed by atoms with Crippen molar-refractivity contribution in [3.05, 3.63) is 267 Å². The van der Waals surface area contributed by atoms with Crippen LogP contribution < -0.4 is 4.90 Å². The maximum Gasteiger partial charge on any atom is 0.0547 e. The van der Waals surface area contributed by atoms with E-state index < -0.39 is 0 Å². The maximum absolute atomic E-state index is 2.42. The molecule has 0 saturated carbocycles. The van der Waals surface area contributed by atoms with Gasteiger partial charge in [-0.1, -0.05) is 212 Å². The van der Waals surface area contributed by atoms with E-state index in [1.54, 1.807) is 0 Å². The molecule has 0 spiro atoms. The second kappa shape index (κ2) is 16.8. The summed E-state index contributed by atoms with van der Waals surface area (Å²) >= 11 is 0. The summed E-state index contributed by atoms with van der Waals surface area (Å²) in [4.78, 5) is 2.42. The van der Waals surface area contributed by atoms with Crippen LogP contribution in [0.25, 0.3) is 93.9 Å². The van der Waals surface area contributed by atoms with Gasteiger partial charge in [0.05, 0.1) is 16.7 Å². The van der Waals surface area contributed by atoms with Gasteiger partial charge in [0.25, 0.3) is 0 Å². The van der Waals surface area contributed by atoms with Crippen LogP contribution in [0.1, 0.15) is 0 Å². The van der Waals surface area contributed by atoms with Crippen molar-refractivity contribution in [2.75, 3.05) is 4.90 Å². The van der Waals surface area contributed by atoms with E-state index in [4.69, 9.17) is 0 Å². The van der Waals surface area contributed by atoms with E-state index in [2.05, 4.69) is 276 Å². The van der Waals surface area contributed by atoms with Gasteiger partial charge in [-0.3, -0.25) is 0 Å². The minimum absolute atomic E-state index is 1.08. The van der Waals surface area contributed by atoms with E-state index in [0.29, 0.717) is 0 Å². The third-order valence-corrected chi connectivity index (χ3v) is 13.0. The summed E-state index contributed by atoms with van der Waals surface area (Å²) in [5, 5.41) is 4.96. The minimum Gasteiger partial charge on any atom is -0.310 e. The molecule has 0 atom stereocenters. The Bertz CT molecular complexity index is 3640. The highest BCUT2D eigenvalue weighted by molar-refractivity contribution is 6.11. The molecule has 1 heterocycles. The Morgan fingerprint density at radius 3 is 1.38 bits per heavy atom. The van der Waals surface area contributed by atoms with Crippen LogP contribution in [0.2, 0.25) is 0 Å². The summed E-state index contributed by atoms with van der Waals surface area (Å²) in [6.45, 7) is 0. The quantitative estimate of drug-likeness (QED) is 0.141. The number of para-hydroxylation sites is 3. The molecule has 310 valence electrons. The van der Waals surface area contributed by atoms with Crippen molar-refractivity contribution in [3.8, 4) is 61.3 Å². The second-order valence-electron chi connectivity index (χ2n) is 16.9. The Balaban J connectivity index is 0.985. The van der Waals surface area contributed by atoms with Gasteiger partial charge >= 0.3 is 0 Å². The van der Waals surface area contributed by atoms with Crippen LogP contribution in [-0.4, -0.2) is 4.57 Å². The molecule has 11 aromatic carbocycles. The van der Waals surface area contributed by atoms with Crippen LogP contribution >= 0.6 is 0 Å². The van der Waals surface area contributed by atoms with Crippen molar-refractivity contribution in [2.45, 2.75) is 0 Å². The monoisotopic (exact) mass is 840 g/mol. The molecule has 1 aromatic heterocycles. The SMILES string of the molecule is c1ccc(-c2ccc(-c3ccc(N(c4ccc(-c5ccc6c7ccccc7n(-c7ccccc7)c6c5)cc4)c4ccccc4-c4cccc5cccc(-c6ccccc6)c45)cc3)cc2)cc1. The second-order valence-corrected chi connectivity index (χ2v) is 16.9. The number of aromatic nitrogens is 1. The lowest BCUT2D eigenvalue weighted by Crippen LogP contribution is -2.11. The molecule has 12 aromatic rings. The number of anilines is 3. The summed E-state index contributed by atoms with van der Waals surface area (Å²) in [5.41, 5.74) is 18.7. The highest BCUT2D eigenvalue weighted by Gasteiger charge is 2.20. The zero-order chi connectivity index (χ0) is 43.8. The van der Waals surface area contributed by atoms with Crippen molar-refractivity contribution in [1.29, 1.82) is 0 Å². The fraction of sp³-hybridized carbons (Fsp3) is 0. The summed E-state index contributed by atoms with van der Waals surface area (Å²) in [5.74, 6) is 0. The average molecular weight is 841 g/mol. The van der Waals surface area contributed by atoms with E-state index in [-0.39, 0.29) is 0 Å². The van der Waals surface area contributed by atoms with Gasteiger partial charge < -0.3 is 9.47 Å². The van der Waals surface area contributed by atoms with Crippen molar-refractivity contribution in [1.82, 2.24) is 4.57 Å². The summed E-state index contributed by atoms with van der Waals surface area (Å²) in [6, 6.07) is 96.8. The van der Waals surface area contributed by atoms with E-state index in [0.717, 1.165) is 33.9 Å². The fourth-order valence-electron chi connectivity index (χ4n) is 9.84. The molecule has 0 saturated heterocycles. The summed E-state index contributed by atoms with van der Waals surface area (Å²) < 4.78 is 2.39. The molecular formula is C64H44N2. The van der Waals surface area contributed by atoms with Gasteiger partial charge in [0.1, 0.15) is 0 Å². The Kier molecular flexibility index (Phi) is 9.89. The van der Waals surface area contributed by atoms with Crippen LogP contribution in [0.5, 0.6) is 0 Å². The predicted octanol–water partition coefficient (Wildman–Crippen LogP) is 17.7. The van der Waals surface area contributed by atoms with Crippen LogP contribution in [0, 0.1) is 0 Å². The topological polar surface area (TPSA) is 8.17 Å². The lowest BCUT2D eigenvalue weighted by atomic mass is 9.90. The Hall–Kier alpha value is -8.72. The van der Waals surface area contributed by atoms with E-state index >= 15 is 0 Å².